The van der Waals surface area contributed by atoms with Crippen molar-refractivity contribution in [1.82, 2.24) is 4.98 Å². The fourth-order valence-electron chi connectivity index (χ4n) is 3.69. The number of hydrogen-bond acceptors (Lipinski definition) is 4. The molecule has 0 spiro atoms. The standard InChI is InChI=1S/C25H15F3N2O4/c26-25(27,28)34-21-6-2-4-17-13-19(24(32)33-22(17)21)23(31)30-18-5-1-3-14(12-18)15-7-8-20-16(11-15)9-10-29-20/h1-13,29H,(H,30,31). The second kappa shape index (κ2) is 8.11. The smallest absolute Gasteiger partial charge is 0.418 e. The molecule has 0 unspecified atom stereocenters. The van der Waals surface area contributed by atoms with Crippen LogP contribution in [0.3, 0.4) is 0 Å². The van der Waals surface area contributed by atoms with Gasteiger partial charge in [0.05, 0.1) is 0 Å². The number of benzene rings is 3. The van der Waals surface area contributed by atoms with Gasteiger partial charge >= 0.3 is 12.0 Å². The summed E-state index contributed by atoms with van der Waals surface area (Å²) < 4.78 is 46.8. The van der Waals surface area contributed by atoms with Gasteiger partial charge in [-0.1, -0.05) is 30.3 Å². The van der Waals surface area contributed by atoms with E-state index < -0.39 is 29.2 Å². The summed E-state index contributed by atoms with van der Waals surface area (Å²) in [5.41, 5.74) is 1.38. The molecule has 5 aromatic rings. The number of anilines is 1. The van der Waals surface area contributed by atoms with Crippen LogP contribution in [0.4, 0.5) is 18.9 Å². The van der Waals surface area contributed by atoms with E-state index in [1.54, 1.807) is 18.2 Å². The molecule has 0 saturated carbocycles. The largest absolute Gasteiger partial charge is 0.573 e. The SMILES string of the molecule is O=C(Nc1cccc(-c2ccc3[nH]ccc3c2)c1)c1cc2cccc(OC(F)(F)F)c2oc1=O. The minimum Gasteiger partial charge on any atom is -0.418 e. The highest BCUT2D eigenvalue weighted by atomic mass is 19.4. The van der Waals surface area contributed by atoms with Crippen molar-refractivity contribution < 1.29 is 27.1 Å². The lowest BCUT2D eigenvalue weighted by Gasteiger charge is -2.11. The summed E-state index contributed by atoms with van der Waals surface area (Å²) in [5, 5.41) is 3.79. The predicted molar refractivity (Wildman–Crippen MR) is 121 cm³/mol. The molecule has 34 heavy (non-hydrogen) atoms. The van der Waals surface area contributed by atoms with Gasteiger partial charge < -0.3 is 19.5 Å². The lowest BCUT2D eigenvalue weighted by Crippen LogP contribution is -2.21. The molecule has 0 radical (unpaired) electrons. The van der Waals surface area contributed by atoms with Crippen molar-refractivity contribution >= 4 is 33.5 Å². The molecule has 3 aromatic carbocycles. The number of alkyl halides is 3. The van der Waals surface area contributed by atoms with Crippen LogP contribution in [0.15, 0.2) is 88.2 Å². The van der Waals surface area contributed by atoms with Crippen LogP contribution in [0.25, 0.3) is 33.0 Å². The number of amides is 1. The summed E-state index contributed by atoms with van der Waals surface area (Å²) >= 11 is 0. The maximum Gasteiger partial charge on any atom is 0.573 e. The molecule has 0 aliphatic carbocycles. The molecular weight excluding hydrogens is 449 g/mol. The first kappa shape index (κ1) is 21.3. The molecule has 6 nitrogen and oxygen atoms in total. The van der Waals surface area contributed by atoms with E-state index in [1.165, 1.54) is 18.2 Å². The van der Waals surface area contributed by atoms with Crippen molar-refractivity contribution in [3.8, 4) is 16.9 Å². The zero-order chi connectivity index (χ0) is 23.9. The number of aromatic nitrogens is 1. The van der Waals surface area contributed by atoms with Crippen molar-refractivity contribution in [1.29, 1.82) is 0 Å². The van der Waals surface area contributed by atoms with Gasteiger partial charge in [-0.2, -0.15) is 0 Å². The summed E-state index contributed by atoms with van der Waals surface area (Å²) in [5.74, 6) is -1.42. The third-order valence-corrected chi connectivity index (χ3v) is 5.20. The van der Waals surface area contributed by atoms with Gasteiger partial charge in [-0.15, -0.1) is 13.2 Å². The van der Waals surface area contributed by atoms with Crippen LogP contribution >= 0.6 is 0 Å². The van der Waals surface area contributed by atoms with Gasteiger partial charge in [0.25, 0.3) is 5.91 Å². The molecule has 0 atom stereocenters. The number of aromatic amines is 1. The number of carbonyl (C=O) groups excluding carboxylic acids is 1. The molecule has 1 amide bonds. The fraction of sp³-hybridized carbons (Fsp3) is 0.0400. The maximum atomic E-state index is 12.8. The first-order valence-electron chi connectivity index (χ1n) is 10.1. The van der Waals surface area contributed by atoms with Gasteiger partial charge in [0.1, 0.15) is 5.56 Å². The molecule has 0 saturated heterocycles. The zero-order valence-corrected chi connectivity index (χ0v) is 17.3. The Morgan fingerprint density at radius 2 is 1.71 bits per heavy atom. The number of ether oxygens (including phenoxy) is 1. The Morgan fingerprint density at radius 1 is 0.912 bits per heavy atom. The van der Waals surface area contributed by atoms with Crippen molar-refractivity contribution in [2.24, 2.45) is 0 Å². The van der Waals surface area contributed by atoms with Gasteiger partial charge in [0, 0.05) is 22.8 Å². The molecule has 2 heterocycles. The number of para-hydroxylation sites is 1. The summed E-state index contributed by atoms with van der Waals surface area (Å²) in [4.78, 5) is 28.3. The average Bonchev–Trinajstić information content (AvgIpc) is 3.26. The highest BCUT2D eigenvalue weighted by molar-refractivity contribution is 6.06. The molecule has 2 N–H and O–H groups in total. The fourth-order valence-corrected chi connectivity index (χ4v) is 3.69. The summed E-state index contributed by atoms with van der Waals surface area (Å²) in [6.07, 6.45) is -3.11. The molecule has 0 fully saturated rings. The summed E-state index contributed by atoms with van der Waals surface area (Å²) in [6, 6.07) is 19.8. The Kier molecular flexibility index (Phi) is 5.09. The Balaban J connectivity index is 1.44. The Hall–Kier alpha value is -4.53. The number of halogens is 3. The Labute approximate surface area is 189 Å². The van der Waals surface area contributed by atoms with Crippen molar-refractivity contribution in [2.75, 3.05) is 5.32 Å². The number of fused-ring (bicyclic) bond motifs is 2. The number of nitrogens with one attached hydrogen (secondary N) is 2. The lowest BCUT2D eigenvalue weighted by atomic mass is 10.0. The lowest BCUT2D eigenvalue weighted by molar-refractivity contribution is -0.274. The van der Waals surface area contributed by atoms with Gasteiger partial charge in [-0.05, 0) is 59.0 Å². The van der Waals surface area contributed by atoms with Gasteiger partial charge in [-0.25, -0.2) is 4.79 Å². The third-order valence-electron chi connectivity index (χ3n) is 5.20. The first-order valence-corrected chi connectivity index (χ1v) is 10.1. The van der Waals surface area contributed by atoms with Crippen LogP contribution in [0.5, 0.6) is 5.75 Å². The molecule has 9 heteroatoms. The minimum absolute atomic E-state index is 0.111. The molecule has 0 aliphatic rings. The van der Waals surface area contributed by atoms with E-state index in [0.717, 1.165) is 28.1 Å². The van der Waals surface area contributed by atoms with Gasteiger partial charge in [0.2, 0.25) is 0 Å². The number of H-pyrrole nitrogens is 1. The number of carbonyl (C=O) groups is 1. The topological polar surface area (TPSA) is 84.3 Å². The van der Waals surface area contributed by atoms with E-state index in [4.69, 9.17) is 4.42 Å². The Morgan fingerprint density at radius 3 is 2.53 bits per heavy atom. The van der Waals surface area contributed by atoms with Crippen LogP contribution in [0.2, 0.25) is 0 Å². The van der Waals surface area contributed by atoms with Crippen molar-refractivity contribution in [3.05, 3.63) is 95.0 Å². The molecule has 2 aromatic heterocycles. The van der Waals surface area contributed by atoms with E-state index in [1.807, 2.05) is 36.5 Å². The van der Waals surface area contributed by atoms with Crippen LogP contribution in [0, 0.1) is 0 Å². The van der Waals surface area contributed by atoms with Gasteiger partial charge in [-0.3, -0.25) is 4.79 Å². The van der Waals surface area contributed by atoms with Crippen molar-refractivity contribution in [2.45, 2.75) is 6.36 Å². The normalized spacial score (nSPS) is 11.6. The minimum atomic E-state index is -4.96. The molecule has 170 valence electrons. The summed E-state index contributed by atoms with van der Waals surface area (Å²) in [7, 11) is 0. The van der Waals surface area contributed by atoms with Crippen LogP contribution in [-0.4, -0.2) is 17.3 Å². The second-order valence-electron chi connectivity index (χ2n) is 7.48. The molecule has 0 aliphatic heterocycles. The highest BCUT2D eigenvalue weighted by Crippen LogP contribution is 2.30. The Bertz CT molecular complexity index is 1600. The monoisotopic (exact) mass is 464 g/mol. The first-order chi connectivity index (χ1) is 16.3. The number of rotatable bonds is 4. The van der Waals surface area contributed by atoms with E-state index in [9.17, 15) is 22.8 Å². The average molecular weight is 464 g/mol. The van der Waals surface area contributed by atoms with E-state index in [0.29, 0.717) is 5.69 Å². The van der Waals surface area contributed by atoms with E-state index in [2.05, 4.69) is 15.0 Å². The molecule has 0 bridgehead atoms. The second-order valence-corrected chi connectivity index (χ2v) is 7.48. The third kappa shape index (κ3) is 4.23. The number of hydrogen-bond donors (Lipinski definition) is 2. The zero-order valence-electron chi connectivity index (χ0n) is 17.3. The van der Waals surface area contributed by atoms with Gasteiger partial charge in [0.15, 0.2) is 11.3 Å². The highest BCUT2D eigenvalue weighted by Gasteiger charge is 2.32. The van der Waals surface area contributed by atoms with Crippen molar-refractivity contribution in [3.63, 3.8) is 0 Å². The maximum absolute atomic E-state index is 12.8. The van der Waals surface area contributed by atoms with E-state index >= 15 is 0 Å². The quantitative estimate of drug-likeness (QED) is 0.315. The summed E-state index contributed by atoms with van der Waals surface area (Å²) in [6.45, 7) is 0. The van der Waals surface area contributed by atoms with Crippen LogP contribution in [-0.2, 0) is 0 Å². The van der Waals surface area contributed by atoms with Crippen LogP contribution in [0.1, 0.15) is 10.4 Å². The van der Waals surface area contributed by atoms with E-state index in [-0.39, 0.29) is 10.9 Å². The van der Waals surface area contributed by atoms with Crippen LogP contribution < -0.4 is 15.7 Å². The molecule has 5 rings (SSSR count). The molecular formula is C25H15F3N2O4. The predicted octanol–water partition coefficient (Wildman–Crippen LogP) is 6.09.